The van der Waals surface area contributed by atoms with Gasteiger partial charge in [-0.05, 0) is 25.7 Å². The van der Waals surface area contributed by atoms with Crippen molar-refractivity contribution in [2.75, 3.05) is 26.7 Å². The van der Waals surface area contributed by atoms with Crippen LogP contribution in [0.2, 0.25) is 0 Å². The van der Waals surface area contributed by atoms with Crippen LogP contribution in [0.15, 0.2) is 12.5 Å². The molecule has 1 saturated carbocycles. The van der Waals surface area contributed by atoms with Crippen LogP contribution in [0.5, 0.6) is 0 Å². The Hall–Kier alpha value is -1.40. The van der Waals surface area contributed by atoms with Crippen LogP contribution in [0.4, 0.5) is 0 Å². The highest BCUT2D eigenvalue weighted by molar-refractivity contribution is 5.77. The highest BCUT2D eigenvalue weighted by Gasteiger charge is 2.25. The summed E-state index contributed by atoms with van der Waals surface area (Å²) in [6.45, 7) is 3.41. The molecule has 1 aromatic heterocycles. The molecule has 0 atom stereocenters. The molecule has 6 nitrogen and oxygen atoms in total. The zero-order valence-corrected chi connectivity index (χ0v) is 12.7. The number of aromatic nitrogens is 2. The van der Waals surface area contributed by atoms with E-state index in [4.69, 9.17) is 0 Å². The molecule has 2 heterocycles. The fourth-order valence-corrected chi connectivity index (χ4v) is 2.98. The standard InChI is InChI=1S/C15H25N5O/c1-16-15(21)10-19-6-4-12(5-7-19)18-9-14-8-17-11-20(14)13-2-3-13/h8,11-13,18H,2-7,9-10H2,1H3,(H,16,21). The maximum Gasteiger partial charge on any atom is 0.233 e. The van der Waals surface area contributed by atoms with E-state index in [1.807, 2.05) is 12.5 Å². The molecule has 2 aliphatic rings. The zero-order chi connectivity index (χ0) is 14.7. The largest absolute Gasteiger partial charge is 0.358 e. The minimum atomic E-state index is 0.106. The smallest absolute Gasteiger partial charge is 0.233 e. The topological polar surface area (TPSA) is 62.2 Å². The van der Waals surface area contributed by atoms with Crippen molar-refractivity contribution >= 4 is 5.91 Å². The second kappa shape index (κ2) is 6.58. The van der Waals surface area contributed by atoms with E-state index in [2.05, 4.69) is 25.1 Å². The first-order chi connectivity index (χ1) is 10.3. The number of amides is 1. The van der Waals surface area contributed by atoms with Gasteiger partial charge in [-0.25, -0.2) is 4.98 Å². The van der Waals surface area contributed by atoms with E-state index in [0.29, 0.717) is 18.6 Å². The van der Waals surface area contributed by atoms with Gasteiger partial charge in [0.1, 0.15) is 0 Å². The number of carbonyl (C=O) groups excluding carboxylic acids is 1. The average Bonchev–Trinajstić information content (AvgIpc) is 3.25. The molecular weight excluding hydrogens is 266 g/mol. The average molecular weight is 291 g/mol. The minimum absolute atomic E-state index is 0.106. The molecular formula is C15H25N5O. The Morgan fingerprint density at radius 1 is 1.33 bits per heavy atom. The molecule has 0 unspecified atom stereocenters. The molecule has 1 saturated heterocycles. The van der Waals surface area contributed by atoms with Crippen molar-refractivity contribution in [2.45, 2.75) is 44.3 Å². The number of rotatable bonds is 6. The minimum Gasteiger partial charge on any atom is -0.358 e. The second-order valence-corrected chi connectivity index (χ2v) is 6.13. The predicted molar refractivity (Wildman–Crippen MR) is 80.9 cm³/mol. The summed E-state index contributed by atoms with van der Waals surface area (Å²) in [6.07, 6.45) is 8.73. The van der Waals surface area contributed by atoms with Crippen molar-refractivity contribution in [1.82, 2.24) is 25.1 Å². The molecule has 116 valence electrons. The van der Waals surface area contributed by atoms with Gasteiger partial charge in [-0.2, -0.15) is 0 Å². The number of nitrogens with zero attached hydrogens (tertiary/aromatic N) is 3. The van der Waals surface area contributed by atoms with E-state index in [-0.39, 0.29) is 5.91 Å². The van der Waals surface area contributed by atoms with Gasteiger partial charge in [0.2, 0.25) is 5.91 Å². The number of likely N-dealkylation sites (N-methyl/N-ethyl adjacent to an activating group) is 1. The van der Waals surface area contributed by atoms with Gasteiger partial charge in [-0.3, -0.25) is 9.69 Å². The quantitative estimate of drug-likeness (QED) is 0.802. The van der Waals surface area contributed by atoms with Gasteiger partial charge >= 0.3 is 0 Å². The van der Waals surface area contributed by atoms with Gasteiger partial charge < -0.3 is 15.2 Å². The summed E-state index contributed by atoms with van der Waals surface area (Å²) in [7, 11) is 1.69. The third-order valence-electron chi connectivity index (χ3n) is 4.49. The van der Waals surface area contributed by atoms with Crippen molar-refractivity contribution in [1.29, 1.82) is 0 Å². The SMILES string of the molecule is CNC(=O)CN1CCC(NCc2cncn2C2CC2)CC1. The lowest BCUT2D eigenvalue weighted by molar-refractivity contribution is -0.122. The number of hydrogen-bond donors (Lipinski definition) is 2. The molecule has 1 aliphatic heterocycles. The normalized spacial score (nSPS) is 20.6. The molecule has 0 bridgehead atoms. The summed E-state index contributed by atoms with van der Waals surface area (Å²) >= 11 is 0. The third kappa shape index (κ3) is 3.83. The molecule has 1 aliphatic carbocycles. The monoisotopic (exact) mass is 291 g/mol. The Balaban J connectivity index is 1.41. The Kier molecular flexibility index (Phi) is 4.55. The Morgan fingerprint density at radius 3 is 2.76 bits per heavy atom. The molecule has 21 heavy (non-hydrogen) atoms. The van der Waals surface area contributed by atoms with E-state index in [1.54, 1.807) is 7.05 Å². The van der Waals surface area contributed by atoms with Crippen LogP contribution in [-0.4, -0.2) is 53.1 Å². The van der Waals surface area contributed by atoms with Crippen molar-refractivity contribution in [3.05, 3.63) is 18.2 Å². The number of piperidine rings is 1. The first kappa shape index (κ1) is 14.5. The first-order valence-electron chi connectivity index (χ1n) is 7.93. The van der Waals surface area contributed by atoms with E-state index < -0.39 is 0 Å². The van der Waals surface area contributed by atoms with E-state index in [9.17, 15) is 4.79 Å². The molecule has 6 heteroatoms. The Labute approximate surface area is 125 Å². The Bertz CT molecular complexity index is 474. The summed E-state index contributed by atoms with van der Waals surface area (Å²) < 4.78 is 2.31. The highest BCUT2D eigenvalue weighted by Crippen LogP contribution is 2.35. The third-order valence-corrected chi connectivity index (χ3v) is 4.49. The number of nitrogens with one attached hydrogen (secondary N) is 2. The first-order valence-corrected chi connectivity index (χ1v) is 7.93. The van der Waals surface area contributed by atoms with E-state index in [1.165, 1.54) is 18.5 Å². The maximum absolute atomic E-state index is 11.4. The lowest BCUT2D eigenvalue weighted by atomic mass is 10.0. The van der Waals surface area contributed by atoms with Crippen LogP contribution in [0, 0.1) is 0 Å². The summed E-state index contributed by atoms with van der Waals surface area (Å²) in [5.74, 6) is 0.106. The van der Waals surface area contributed by atoms with Crippen molar-refractivity contribution < 1.29 is 4.79 Å². The van der Waals surface area contributed by atoms with Crippen LogP contribution in [0.1, 0.15) is 37.4 Å². The Morgan fingerprint density at radius 2 is 2.10 bits per heavy atom. The lowest BCUT2D eigenvalue weighted by Gasteiger charge is -2.31. The van der Waals surface area contributed by atoms with Crippen LogP contribution in [0.25, 0.3) is 0 Å². The molecule has 1 amide bonds. The summed E-state index contributed by atoms with van der Waals surface area (Å²) in [5, 5.41) is 6.33. The van der Waals surface area contributed by atoms with Gasteiger partial charge in [-0.1, -0.05) is 0 Å². The van der Waals surface area contributed by atoms with Crippen molar-refractivity contribution in [2.24, 2.45) is 0 Å². The van der Waals surface area contributed by atoms with Gasteiger partial charge in [0.05, 0.1) is 18.6 Å². The van der Waals surface area contributed by atoms with Gasteiger partial charge in [-0.15, -0.1) is 0 Å². The molecule has 2 N–H and O–H groups in total. The molecule has 1 aromatic rings. The zero-order valence-electron chi connectivity index (χ0n) is 12.7. The number of imidazole rings is 1. The van der Waals surface area contributed by atoms with Crippen LogP contribution >= 0.6 is 0 Å². The number of hydrogen-bond acceptors (Lipinski definition) is 4. The van der Waals surface area contributed by atoms with Gasteiger partial charge in [0.15, 0.2) is 0 Å². The van der Waals surface area contributed by atoms with E-state index >= 15 is 0 Å². The fraction of sp³-hybridized carbons (Fsp3) is 0.733. The maximum atomic E-state index is 11.4. The molecule has 0 radical (unpaired) electrons. The fourth-order valence-electron chi connectivity index (χ4n) is 2.98. The summed E-state index contributed by atoms with van der Waals surface area (Å²) in [5.41, 5.74) is 1.30. The molecule has 0 spiro atoms. The lowest BCUT2D eigenvalue weighted by Crippen LogP contribution is -2.45. The van der Waals surface area contributed by atoms with Crippen LogP contribution in [-0.2, 0) is 11.3 Å². The summed E-state index contributed by atoms with van der Waals surface area (Å²) in [6, 6.07) is 1.24. The van der Waals surface area contributed by atoms with Crippen LogP contribution in [0.3, 0.4) is 0 Å². The second-order valence-electron chi connectivity index (χ2n) is 6.13. The predicted octanol–water partition coefficient (Wildman–Crippen LogP) is 0.518. The molecule has 3 rings (SSSR count). The van der Waals surface area contributed by atoms with Crippen molar-refractivity contribution in [3.8, 4) is 0 Å². The molecule has 2 fully saturated rings. The number of carbonyl (C=O) groups is 1. The van der Waals surface area contributed by atoms with Gasteiger partial charge in [0, 0.05) is 45.0 Å². The number of likely N-dealkylation sites (tertiary alicyclic amines) is 1. The highest BCUT2D eigenvalue weighted by atomic mass is 16.1. The van der Waals surface area contributed by atoms with Crippen molar-refractivity contribution in [3.63, 3.8) is 0 Å². The van der Waals surface area contributed by atoms with E-state index in [0.717, 1.165) is 32.5 Å². The van der Waals surface area contributed by atoms with Gasteiger partial charge in [0.25, 0.3) is 0 Å². The molecule has 0 aromatic carbocycles. The summed E-state index contributed by atoms with van der Waals surface area (Å²) in [4.78, 5) is 17.9. The van der Waals surface area contributed by atoms with Crippen LogP contribution < -0.4 is 10.6 Å².